The highest BCUT2D eigenvalue weighted by Gasteiger charge is 2.35. The van der Waals surface area contributed by atoms with E-state index in [0.717, 1.165) is 16.4 Å². The molecule has 10 heteroatoms. The largest absolute Gasteiger partial charge is 0.417 e. The molecule has 1 aromatic heterocycles. The maximum Gasteiger partial charge on any atom is 0.417 e. The van der Waals surface area contributed by atoms with Gasteiger partial charge in [0.25, 0.3) is 0 Å². The summed E-state index contributed by atoms with van der Waals surface area (Å²) in [4.78, 5) is 0. The standard InChI is InChI=1S/C10H5Cl3F4N2S/c1-4-2-6(9(14,15)16)5-3-18-19(8(5)7(4)11)20-10(12,13)17/h2-3H,1H3. The number of halogens is 7. The van der Waals surface area contributed by atoms with E-state index in [1.54, 1.807) is 0 Å². The Morgan fingerprint density at radius 1 is 1.25 bits per heavy atom. The lowest BCUT2D eigenvalue weighted by atomic mass is 10.1. The molecule has 1 heterocycles. The summed E-state index contributed by atoms with van der Waals surface area (Å²) in [6, 6.07) is 0.908. The predicted molar refractivity (Wildman–Crippen MR) is 73.0 cm³/mol. The van der Waals surface area contributed by atoms with E-state index in [-0.39, 0.29) is 33.4 Å². The molecular weight excluding hydrogens is 363 g/mol. The molecule has 0 radical (unpaired) electrons. The molecule has 0 fully saturated rings. The molecule has 2 rings (SSSR count). The van der Waals surface area contributed by atoms with Crippen LogP contribution in [-0.2, 0) is 6.18 Å². The predicted octanol–water partition coefficient (Wildman–Crippen LogP) is 5.57. The van der Waals surface area contributed by atoms with Crippen LogP contribution < -0.4 is 0 Å². The van der Waals surface area contributed by atoms with Gasteiger partial charge in [0.15, 0.2) is 0 Å². The summed E-state index contributed by atoms with van der Waals surface area (Å²) in [7, 11) is 0. The van der Waals surface area contributed by atoms with E-state index in [2.05, 4.69) is 5.10 Å². The lowest BCUT2D eigenvalue weighted by Gasteiger charge is -2.13. The normalized spacial score (nSPS) is 13.2. The topological polar surface area (TPSA) is 17.8 Å². The van der Waals surface area contributed by atoms with Gasteiger partial charge in [-0.1, -0.05) is 34.8 Å². The molecule has 20 heavy (non-hydrogen) atoms. The molecule has 0 spiro atoms. The first-order chi connectivity index (χ1) is 9.00. The van der Waals surface area contributed by atoms with Crippen molar-refractivity contribution in [3.8, 4) is 0 Å². The van der Waals surface area contributed by atoms with Gasteiger partial charge < -0.3 is 0 Å². The number of aromatic nitrogens is 2. The second-order valence-corrected chi connectivity index (χ2v) is 7.02. The van der Waals surface area contributed by atoms with Gasteiger partial charge in [-0.05, 0) is 18.6 Å². The first-order valence-electron chi connectivity index (χ1n) is 5.01. The molecule has 0 aliphatic heterocycles. The molecule has 2 aromatic rings. The smallest absolute Gasteiger partial charge is 0.199 e. The summed E-state index contributed by atoms with van der Waals surface area (Å²) in [5, 5.41) is 3.42. The molecule has 0 aliphatic carbocycles. The van der Waals surface area contributed by atoms with E-state index in [0.29, 0.717) is 0 Å². The van der Waals surface area contributed by atoms with Crippen molar-refractivity contribution in [3.63, 3.8) is 0 Å². The van der Waals surface area contributed by atoms with Crippen LogP contribution in [0.2, 0.25) is 5.02 Å². The van der Waals surface area contributed by atoms with Crippen molar-refractivity contribution >= 4 is 57.7 Å². The van der Waals surface area contributed by atoms with E-state index < -0.39 is 15.7 Å². The third kappa shape index (κ3) is 3.10. The summed E-state index contributed by atoms with van der Waals surface area (Å²) in [5.41, 5.74) is -0.815. The van der Waals surface area contributed by atoms with E-state index in [9.17, 15) is 17.6 Å². The Morgan fingerprint density at radius 3 is 2.35 bits per heavy atom. The first-order valence-corrected chi connectivity index (χ1v) is 6.91. The third-order valence-electron chi connectivity index (χ3n) is 2.44. The van der Waals surface area contributed by atoms with Crippen LogP contribution in [0.1, 0.15) is 11.1 Å². The minimum absolute atomic E-state index is 0.0237. The highest BCUT2D eigenvalue weighted by Crippen LogP contribution is 2.43. The van der Waals surface area contributed by atoms with Crippen LogP contribution in [0.15, 0.2) is 12.3 Å². The summed E-state index contributed by atoms with van der Waals surface area (Å²) in [5.74, 6) is 0. The number of alkyl halides is 6. The van der Waals surface area contributed by atoms with Gasteiger partial charge in [0.2, 0.25) is 0 Å². The lowest BCUT2D eigenvalue weighted by Crippen LogP contribution is -2.07. The molecule has 0 atom stereocenters. The number of hydrogen-bond donors (Lipinski definition) is 0. The van der Waals surface area contributed by atoms with Crippen LogP contribution in [-0.4, -0.2) is 13.1 Å². The van der Waals surface area contributed by atoms with Gasteiger partial charge in [0.1, 0.15) is 5.52 Å². The second kappa shape index (κ2) is 5.12. The fraction of sp³-hybridized carbons (Fsp3) is 0.300. The van der Waals surface area contributed by atoms with E-state index in [4.69, 9.17) is 34.8 Å². The van der Waals surface area contributed by atoms with Crippen LogP contribution >= 0.6 is 46.8 Å². The van der Waals surface area contributed by atoms with Crippen molar-refractivity contribution in [1.29, 1.82) is 0 Å². The molecule has 0 bridgehead atoms. The van der Waals surface area contributed by atoms with Gasteiger partial charge >= 0.3 is 10.1 Å². The minimum atomic E-state index is -4.58. The monoisotopic (exact) mass is 366 g/mol. The molecule has 0 N–H and O–H groups in total. The van der Waals surface area contributed by atoms with Crippen molar-refractivity contribution in [2.45, 2.75) is 17.0 Å². The summed E-state index contributed by atoms with van der Waals surface area (Å²) in [6.45, 7) is 1.41. The summed E-state index contributed by atoms with van der Waals surface area (Å²) < 4.78 is 50.2. The number of nitrogens with zero attached hydrogens (tertiary/aromatic N) is 2. The Hall–Kier alpha value is -0.370. The Morgan fingerprint density at radius 2 is 1.85 bits per heavy atom. The average molecular weight is 368 g/mol. The maximum absolute atomic E-state index is 13.2. The zero-order valence-corrected chi connectivity index (χ0v) is 12.7. The van der Waals surface area contributed by atoms with Crippen molar-refractivity contribution < 1.29 is 17.6 Å². The quantitative estimate of drug-likeness (QED) is 0.510. The highest BCUT2D eigenvalue weighted by molar-refractivity contribution is 8.01. The van der Waals surface area contributed by atoms with Gasteiger partial charge in [-0.15, -0.1) is 0 Å². The van der Waals surface area contributed by atoms with E-state index in [1.807, 2.05) is 0 Å². The third-order valence-corrected chi connectivity index (χ3v) is 3.99. The van der Waals surface area contributed by atoms with Gasteiger partial charge in [0.05, 0.1) is 28.7 Å². The number of aryl methyl sites for hydroxylation is 1. The molecule has 0 saturated carbocycles. The SMILES string of the molecule is Cc1cc(C(F)(F)F)c2cnn(SC(F)(Cl)Cl)c2c1Cl. The molecule has 2 nitrogen and oxygen atoms in total. The number of rotatable bonds is 2. The summed E-state index contributed by atoms with van der Waals surface area (Å²) >= 11 is 16.5. The molecule has 0 aliphatic rings. The molecular formula is C10H5Cl3F4N2S. The van der Waals surface area contributed by atoms with Crippen molar-refractivity contribution in [2.24, 2.45) is 0 Å². The van der Waals surface area contributed by atoms with Crippen molar-refractivity contribution in [3.05, 3.63) is 28.4 Å². The average Bonchev–Trinajstić information content (AvgIpc) is 2.63. The number of benzene rings is 1. The fourth-order valence-electron chi connectivity index (χ4n) is 1.68. The molecule has 1 aromatic carbocycles. The van der Waals surface area contributed by atoms with Gasteiger partial charge in [-0.3, -0.25) is 0 Å². The van der Waals surface area contributed by atoms with Crippen LogP contribution in [0.4, 0.5) is 17.6 Å². The first kappa shape index (κ1) is 16.0. The molecule has 110 valence electrons. The fourth-order valence-corrected chi connectivity index (χ4v) is 2.93. The molecule has 0 unspecified atom stereocenters. The molecule has 0 amide bonds. The van der Waals surface area contributed by atoms with E-state index >= 15 is 0 Å². The van der Waals surface area contributed by atoms with Crippen molar-refractivity contribution in [1.82, 2.24) is 9.19 Å². The van der Waals surface area contributed by atoms with Crippen LogP contribution in [0, 0.1) is 6.92 Å². The second-order valence-electron chi connectivity index (χ2n) is 3.87. The Bertz CT molecular complexity index is 663. The van der Waals surface area contributed by atoms with Gasteiger partial charge in [-0.2, -0.15) is 26.7 Å². The van der Waals surface area contributed by atoms with Gasteiger partial charge in [0, 0.05) is 5.39 Å². The van der Waals surface area contributed by atoms with Crippen LogP contribution in [0.3, 0.4) is 0 Å². The Labute approximate surface area is 130 Å². The van der Waals surface area contributed by atoms with Gasteiger partial charge in [-0.25, -0.2) is 0 Å². The molecule has 0 saturated heterocycles. The van der Waals surface area contributed by atoms with Crippen LogP contribution in [0.5, 0.6) is 0 Å². The maximum atomic E-state index is 13.2. The zero-order valence-electron chi connectivity index (χ0n) is 9.60. The zero-order chi connectivity index (χ0) is 15.3. The van der Waals surface area contributed by atoms with Crippen molar-refractivity contribution in [2.75, 3.05) is 0 Å². The minimum Gasteiger partial charge on any atom is -0.199 e. The summed E-state index contributed by atoms with van der Waals surface area (Å²) in [6.07, 6.45) is -3.64. The Balaban J connectivity index is 2.75. The van der Waals surface area contributed by atoms with Crippen LogP contribution in [0.25, 0.3) is 10.9 Å². The lowest BCUT2D eigenvalue weighted by molar-refractivity contribution is -0.136. The van der Waals surface area contributed by atoms with E-state index in [1.165, 1.54) is 6.92 Å². The highest BCUT2D eigenvalue weighted by atomic mass is 35.5. The number of fused-ring (bicyclic) bond motifs is 1. The Kier molecular flexibility index (Phi) is 4.10. The number of hydrogen-bond acceptors (Lipinski definition) is 2.